The highest BCUT2D eigenvalue weighted by Gasteiger charge is 2.12. The molecule has 1 unspecified atom stereocenters. The first-order valence-corrected chi connectivity index (χ1v) is 7.94. The van der Waals surface area contributed by atoms with Crippen molar-refractivity contribution in [3.63, 3.8) is 0 Å². The van der Waals surface area contributed by atoms with E-state index in [1.54, 1.807) is 22.7 Å². The molecule has 0 aliphatic carbocycles. The van der Waals surface area contributed by atoms with E-state index in [4.69, 9.17) is 11.6 Å². The number of hydrogen-bond donors (Lipinski definition) is 1. The molecule has 3 aromatic rings. The molecule has 3 nitrogen and oxygen atoms in total. The molecule has 0 spiro atoms. The minimum atomic E-state index is 0.202. The lowest BCUT2D eigenvalue weighted by Crippen LogP contribution is -2.07. The Labute approximate surface area is 124 Å². The Hall–Kier alpha value is -1.17. The Bertz CT molecular complexity index is 720. The van der Waals surface area contributed by atoms with Crippen LogP contribution >= 0.6 is 34.3 Å². The van der Waals surface area contributed by atoms with Crippen molar-refractivity contribution in [3.05, 3.63) is 38.6 Å². The predicted octanol–water partition coefficient (Wildman–Crippen LogP) is 4.89. The highest BCUT2D eigenvalue weighted by Crippen LogP contribution is 2.30. The molecule has 19 heavy (non-hydrogen) atoms. The molecule has 6 heteroatoms. The maximum absolute atomic E-state index is 5.96. The fourth-order valence-corrected chi connectivity index (χ4v) is 3.76. The van der Waals surface area contributed by atoms with Crippen molar-refractivity contribution < 1.29 is 0 Å². The van der Waals surface area contributed by atoms with Gasteiger partial charge in [0.15, 0.2) is 0 Å². The summed E-state index contributed by atoms with van der Waals surface area (Å²) in [5, 5.41) is 6.73. The van der Waals surface area contributed by atoms with E-state index in [2.05, 4.69) is 41.3 Å². The number of thiophene rings is 2. The molecule has 0 saturated heterocycles. The smallest absolute Gasteiger partial charge is 0.225 e. The molecule has 0 aliphatic heterocycles. The van der Waals surface area contributed by atoms with Crippen molar-refractivity contribution in [2.45, 2.75) is 19.9 Å². The Morgan fingerprint density at radius 3 is 2.84 bits per heavy atom. The predicted molar refractivity (Wildman–Crippen MR) is 83.5 cm³/mol. The maximum Gasteiger partial charge on any atom is 0.225 e. The Morgan fingerprint density at radius 1 is 1.26 bits per heavy atom. The van der Waals surface area contributed by atoms with Crippen molar-refractivity contribution in [2.75, 3.05) is 5.32 Å². The number of anilines is 1. The summed E-state index contributed by atoms with van der Waals surface area (Å²) in [6, 6.07) is 6.49. The van der Waals surface area contributed by atoms with Gasteiger partial charge in [0.05, 0.1) is 11.4 Å². The summed E-state index contributed by atoms with van der Waals surface area (Å²) in [5.41, 5.74) is 0. The summed E-state index contributed by atoms with van der Waals surface area (Å²) < 4.78 is 0. The zero-order valence-electron chi connectivity index (χ0n) is 10.5. The largest absolute Gasteiger partial charge is 0.362 e. The van der Waals surface area contributed by atoms with Gasteiger partial charge in [-0.25, -0.2) is 9.97 Å². The van der Waals surface area contributed by atoms with E-state index >= 15 is 0 Å². The molecule has 3 aromatic heterocycles. The van der Waals surface area contributed by atoms with Crippen molar-refractivity contribution in [3.8, 4) is 0 Å². The van der Waals surface area contributed by atoms with Crippen molar-refractivity contribution in [2.24, 2.45) is 0 Å². The Morgan fingerprint density at radius 2 is 2.11 bits per heavy atom. The van der Waals surface area contributed by atoms with Crippen LogP contribution in [0.1, 0.15) is 22.7 Å². The SMILES string of the molecule is Cc1ccc(C(C)Nc2nc(Cl)nc3sccc23)s1. The standard InChI is InChI=1S/C13H12ClN3S2/c1-7-3-4-10(19-7)8(2)15-11-9-5-6-18-12(9)17-13(14)16-11/h3-6,8H,1-2H3,(H,15,16,17). The van der Waals surface area contributed by atoms with Crippen molar-refractivity contribution in [1.82, 2.24) is 9.97 Å². The molecule has 0 aromatic carbocycles. The highest BCUT2D eigenvalue weighted by atomic mass is 35.5. The summed E-state index contributed by atoms with van der Waals surface area (Å²) in [6.07, 6.45) is 0. The number of halogens is 1. The van der Waals surface area contributed by atoms with Gasteiger partial charge in [-0.2, -0.15) is 0 Å². The van der Waals surface area contributed by atoms with E-state index in [0.717, 1.165) is 16.0 Å². The van der Waals surface area contributed by atoms with Crippen molar-refractivity contribution in [1.29, 1.82) is 0 Å². The summed E-state index contributed by atoms with van der Waals surface area (Å²) in [4.78, 5) is 12.0. The van der Waals surface area contributed by atoms with E-state index < -0.39 is 0 Å². The van der Waals surface area contributed by atoms with Gasteiger partial charge in [0.1, 0.15) is 10.6 Å². The number of aromatic nitrogens is 2. The third kappa shape index (κ3) is 2.59. The third-order valence-electron chi connectivity index (χ3n) is 2.84. The third-order valence-corrected chi connectivity index (χ3v) is 5.00. The fraction of sp³-hybridized carbons (Fsp3) is 0.231. The van der Waals surface area contributed by atoms with Crippen LogP contribution in [0.25, 0.3) is 10.2 Å². The lowest BCUT2D eigenvalue weighted by atomic mass is 10.2. The monoisotopic (exact) mass is 309 g/mol. The van der Waals surface area contributed by atoms with E-state index in [1.165, 1.54) is 9.75 Å². The highest BCUT2D eigenvalue weighted by molar-refractivity contribution is 7.16. The maximum atomic E-state index is 5.96. The first-order chi connectivity index (χ1) is 9.13. The molecule has 0 radical (unpaired) electrons. The minimum absolute atomic E-state index is 0.202. The van der Waals surface area contributed by atoms with Gasteiger partial charge >= 0.3 is 0 Å². The number of nitrogens with zero attached hydrogens (tertiary/aromatic N) is 2. The second-order valence-corrected chi connectivity index (χ2v) is 6.85. The number of hydrogen-bond acceptors (Lipinski definition) is 5. The minimum Gasteiger partial charge on any atom is -0.362 e. The topological polar surface area (TPSA) is 37.8 Å². The Balaban J connectivity index is 1.94. The van der Waals surface area contributed by atoms with Crippen LogP contribution in [0.2, 0.25) is 5.28 Å². The number of rotatable bonds is 3. The number of aryl methyl sites for hydroxylation is 1. The molecule has 3 heterocycles. The van der Waals surface area contributed by atoms with Gasteiger partial charge in [0, 0.05) is 9.75 Å². The lowest BCUT2D eigenvalue weighted by Gasteiger charge is -2.13. The van der Waals surface area contributed by atoms with Gasteiger partial charge in [-0.3, -0.25) is 0 Å². The second kappa shape index (κ2) is 5.07. The number of fused-ring (bicyclic) bond motifs is 1. The van der Waals surface area contributed by atoms with Crippen LogP contribution in [-0.2, 0) is 0 Å². The molecule has 3 rings (SSSR count). The molecule has 1 atom stereocenters. The fourth-order valence-electron chi connectivity index (χ4n) is 1.90. The second-order valence-electron chi connectivity index (χ2n) is 4.30. The van der Waals surface area contributed by atoms with Gasteiger partial charge in [0.25, 0.3) is 0 Å². The average Bonchev–Trinajstić information content (AvgIpc) is 2.97. The van der Waals surface area contributed by atoms with Gasteiger partial charge < -0.3 is 5.32 Å². The molecule has 0 bridgehead atoms. The first-order valence-electron chi connectivity index (χ1n) is 5.87. The van der Waals surface area contributed by atoms with E-state index in [0.29, 0.717) is 0 Å². The van der Waals surface area contributed by atoms with E-state index in [-0.39, 0.29) is 11.3 Å². The van der Waals surface area contributed by atoms with Crippen LogP contribution in [0, 0.1) is 6.92 Å². The molecule has 98 valence electrons. The van der Waals surface area contributed by atoms with Crippen molar-refractivity contribution >= 4 is 50.3 Å². The molecule has 0 saturated carbocycles. The zero-order chi connectivity index (χ0) is 13.4. The van der Waals surface area contributed by atoms with E-state index in [1.807, 2.05) is 11.4 Å². The molecular formula is C13H12ClN3S2. The van der Waals surface area contributed by atoms with Crippen LogP contribution < -0.4 is 5.32 Å². The van der Waals surface area contributed by atoms with Crippen LogP contribution in [0.4, 0.5) is 5.82 Å². The van der Waals surface area contributed by atoms with Crippen LogP contribution in [-0.4, -0.2) is 9.97 Å². The van der Waals surface area contributed by atoms with Gasteiger partial charge in [-0.05, 0) is 49.0 Å². The van der Waals surface area contributed by atoms with E-state index in [9.17, 15) is 0 Å². The summed E-state index contributed by atoms with van der Waals surface area (Å²) >= 11 is 9.32. The van der Waals surface area contributed by atoms with Gasteiger partial charge in [0.2, 0.25) is 5.28 Å². The molecule has 0 fully saturated rings. The van der Waals surface area contributed by atoms with Gasteiger partial charge in [-0.15, -0.1) is 22.7 Å². The van der Waals surface area contributed by atoms with Crippen LogP contribution in [0.5, 0.6) is 0 Å². The summed E-state index contributed by atoms with van der Waals surface area (Å²) in [5.74, 6) is 0.801. The molecule has 1 N–H and O–H groups in total. The summed E-state index contributed by atoms with van der Waals surface area (Å²) in [6.45, 7) is 4.24. The quantitative estimate of drug-likeness (QED) is 0.700. The zero-order valence-corrected chi connectivity index (χ0v) is 12.9. The van der Waals surface area contributed by atoms with Crippen LogP contribution in [0.3, 0.4) is 0 Å². The average molecular weight is 310 g/mol. The number of nitrogens with one attached hydrogen (secondary N) is 1. The normalized spacial score (nSPS) is 12.8. The first kappa shape index (κ1) is 12.8. The van der Waals surface area contributed by atoms with Gasteiger partial charge in [-0.1, -0.05) is 0 Å². The Kier molecular flexibility index (Phi) is 3.43. The molecule has 0 aliphatic rings. The van der Waals surface area contributed by atoms with Crippen LogP contribution in [0.15, 0.2) is 23.6 Å². The molecule has 0 amide bonds. The lowest BCUT2D eigenvalue weighted by molar-refractivity contribution is 0.898. The molecular weight excluding hydrogens is 298 g/mol. The summed E-state index contributed by atoms with van der Waals surface area (Å²) in [7, 11) is 0.